The van der Waals surface area contributed by atoms with E-state index in [0.717, 1.165) is 0 Å². The fourth-order valence-electron chi connectivity index (χ4n) is 3.75. The van der Waals surface area contributed by atoms with Gasteiger partial charge in [0.2, 0.25) is 6.33 Å². The summed E-state index contributed by atoms with van der Waals surface area (Å²) in [5, 5.41) is 0. The van der Waals surface area contributed by atoms with E-state index in [1.54, 1.807) is 0 Å². The number of rotatable bonds is 7. The van der Waals surface area contributed by atoms with Crippen LogP contribution in [-0.2, 0) is 7.05 Å². The van der Waals surface area contributed by atoms with Gasteiger partial charge in [0.1, 0.15) is 0 Å². The van der Waals surface area contributed by atoms with Gasteiger partial charge in [0.15, 0.2) is 11.0 Å². The lowest BCUT2D eigenvalue weighted by Crippen LogP contribution is -2.44. The van der Waals surface area contributed by atoms with E-state index in [2.05, 4.69) is 111 Å². The molecular formula is C20H36N4P+. The smallest absolute Gasteiger partial charge is 0.232 e. The Labute approximate surface area is 155 Å². The number of imidazole rings is 1. The summed E-state index contributed by atoms with van der Waals surface area (Å²) in [6.45, 7) is 18.6. The lowest BCUT2D eigenvalue weighted by atomic mass is 10.3. The van der Waals surface area contributed by atoms with Crippen molar-refractivity contribution < 1.29 is 4.57 Å². The van der Waals surface area contributed by atoms with E-state index in [4.69, 9.17) is 0 Å². The van der Waals surface area contributed by atoms with E-state index in [1.165, 1.54) is 11.0 Å². The molecule has 0 unspecified atom stereocenters. The van der Waals surface area contributed by atoms with Crippen molar-refractivity contribution in [1.29, 1.82) is 0 Å². The molecule has 0 aliphatic carbocycles. The Bertz CT molecular complexity index is 654. The number of aryl methyl sites for hydroxylation is 1. The Kier molecular flexibility index (Phi) is 6.64. The highest BCUT2D eigenvalue weighted by Crippen LogP contribution is 2.51. The first-order valence-corrected chi connectivity index (χ1v) is 10.7. The normalized spacial score (nSPS) is 13.1. The lowest BCUT2D eigenvalue weighted by molar-refractivity contribution is -0.645. The molecule has 1 aromatic carbocycles. The highest BCUT2D eigenvalue weighted by Gasteiger charge is 2.40. The van der Waals surface area contributed by atoms with Crippen molar-refractivity contribution in [3.05, 3.63) is 30.6 Å². The molecule has 0 fully saturated rings. The first-order valence-electron chi connectivity index (χ1n) is 9.49. The lowest BCUT2D eigenvalue weighted by Gasteiger charge is -2.43. The fraction of sp³-hybridized carbons (Fsp3) is 0.650. The van der Waals surface area contributed by atoms with Crippen LogP contribution in [0.1, 0.15) is 55.4 Å². The van der Waals surface area contributed by atoms with Crippen LogP contribution >= 0.6 is 8.37 Å². The molecule has 1 heterocycles. The van der Waals surface area contributed by atoms with Crippen molar-refractivity contribution in [1.82, 2.24) is 13.7 Å². The first-order chi connectivity index (χ1) is 11.7. The summed E-state index contributed by atoms with van der Waals surface area (Å²) in [4.78, 5) is 0. The third-order valence-corrected chi connectivity index (χ3v) is 7.89. The molecule has 0 saturated carbocycles. The Morgan fingerprint density at radius 1 is 0.800 bits per heavy atom. The molecule has 1 aromatic heterocycles. The largest absolute Gasteiger partial charge is 0.259 e. The number of para-hydroxylation sites is 2. The van der Waals surface area contributed by atoms with Crippen LogP contribution in [-0.4, -0.2) is 37.8 Å². The molecule has 0 N–H and O–H groups in total. The standard InChI is InChI=1S/C20H36N4P/c1-15(2)23(16(3)4)25(24(17(5)6)18(7)8)22-14-21(9)19-12-10-11-13-20(19)22/h10-18H,1-9H3/q+1. The van der Waals surface area contributed by atoms with Gasteiger partial charge in [-0.1, -0.05) is 12.1 Å². The summed E-state index contributed by atoms with van der Waals surface area (Å²) in [7, 11) is 1.49. The van der Waals surface area contributed by atoms with E-state index >= 15 is 0 Å². The summed E-state index contributed by atoms with van der Waals surface area (Å²) in [5.74, 6) is 0. The second-order valence-corrected chi connectivity index (χ2v) is 9.85. The van der Waals surface area contributed by atoms with Crippen molar-refractivity contribution in [3.8, 4) is 0 Å². The monoisotopic (exact) mass is 363 g/mol. The maximum atomic E-state index is 2.68. The quantitative estimate of drug-likeness (QED) is 0.520. The van der Waals surface area contributed by atoms with Gasteiger partial charge < -0.3 is 0 Å². The third-order valence-electron chi connectivity index (χ3n) is 4.51. The van der Waals surface area contributed by atoms with Gasteiger partial charge in [-0.3, -0.25) is 0 Å². The average Bonchev–Trinajstić information content (AvgIpc) is 2.82. The maximum Gasteiger partial charge on any atom is 0.259 e. The summed E-state index contributed by atoms with van der Waals surface area (Å²) < 4.78 is 10.1. The van der Waals surface area contributed by atoms with E-state index in [9.17, 15) is 0 Å². The molecule has 4 nitrogen and oxygen atoms in total. The zero-order valence-corrected chi connectivity index (χ0v) is 18.3. The summed E-state index contributed by atoms with van der Waals surface area (Å²) in [5.41, 5.74) is 2.60. The van der Waals surface area contributed by atoms with Crippen molar-refractivity contribution in [2.45, 2.75) is 79.6 Å². The molecule has 5 heteroatoms. The second-order valence-electron chi connectivity index (χ2n) is 7.96. The number of hydrogen-bond acceptors (Lipinski definition) is 2. The SMILES string of the molecule is CC(C)N(C(C)C)P(N(C(C)C)C(C)C)n1c[n+](C)c2ccccc21. The van der Waals surface area contributed by atoms with E-state index in [-0.39, 0.29) is 0 Å². The van der Waals surface area contributed by atoms with Crippen LogP contribution in [0, 0.1) is 0 Å². The summed E-state index contributed by atoms with van der Waals surface area (Å²) >= 11 is 0. The highest BCUT2D eigenvalue weighted by atomic mass is 31.2. The van der Waals surface area contributed by atoms with Crippen LogP contribution in [0.5, 0.6) is 0 Å². The van der Waals surface area contributed by atoms with Gasteiger partial charge in [-0.25, -0.2) is 13.9 Å². The zero-order valence-electron chi connectivity index (χ0n) is 17.4. The fourth-order valence-corrected chi connectivity index (χ4v) is 6.69. The van der Waals surface area contributed by atoms with Gasteiger partial charge in [-0.15, -0.1) is 0 Å². The Morgan fingerprint density at radius 2 is 1.24 bits per heavy atom. The Morgan fingerprint density at radius 3 is 1.68 bits per heavy atom. The Hall–Kier alpha value is -0.960. The topological polar surface area (TPSA) is 15.3 Å². The second kappa shape index (κ2) is 8.16. The molecule has 2 aromatic rings. The molecule has 25 heavy (non-hydrogen) atoms. The predicted octanol–water partition coefficient (Wildman–Crippen LogP) is 4.78. The van der Waals surface area contributed by atoms with Crippen LogP contribution in [0.15, 0.2) is 30.6 Å². The van der Waals surface area contributed by atoms with Crippen LogP contribution in [0.2, 0.25) is 0 Å². The average molecular weight is 364 g/mol. The van der Waals surface area contributed by atoms with E-state index < -0.39 is 8.37 Å². The number of fused-ring (bicyclic) bond motifs is 1. The first kappa shape index (κ1) is 20.4. The van der Waals surface area contributed by atoms with E-state index in [1.807, 2.05) is 0 Å². The van der Waals surface area contributed by atoms with Gasteiger partial charge in [-0.2, -0.15) is 4.34 Å². The van der Waals surface area contributed by atoms with Crippen molar-refractivity contribution in [2.75, 3.05) is 0 Å². The maximum absolute atomic E-state index is 2.68. The summed E-state index contributed by atoms with van der Waals surface area (Å²) in [6.07, 6.45) is 2.28. The van der Waals surface area contributed by atoms with Crippen LogP contribution < -0.4 is 4.57 Å². The molecule has 140 valence electrons. The van der Waals surface area contributed by atoms with Crippen LogP contribution in [0.25, 0.3) is 11.0 Å². The minimum Gasteiger partial charge on any atom is -0.232 e. The number of aromatic nitrogens is 2. The molecule has 2 rings (SSSR count). The molecule has 0 bridgehead atoms. The number of nitrogens with zero attached hydrogens (tertiary/aromatic N) is 4. The van der Waals surface area contributed by atoms with Crippen molar-refractivity contribution >= 4 is 19.4 Å². The predicted molar refractivity (Wildman–Crippen MR) is 110 cm³/mol. The van der Waals surface area contributed by atoms with Gasteiger partial charge >= 0.3 is 0 Å². The number of benzene rings is 1. The molecule has 0 aliphatic rings. The number of hydrogen-bond donors (Lipinski definition) is 0. The highest BCUT2D eigenvalue weighted by molar-refractivity contribution is 7.51. The van der Waals surface area contributed by atoms with Crippen molar-refractivity contribution in [2.24, 2.45) is 7.05 Å². The molecule has 0 saturated heterocycles. The molecule has 0 spiro atoms. The van der Waals surface area contributed by atoms with Crippen molar-refractivity contribution in [3.63, 3.8) is 0 Å². The molecule has 0 atom stereocenters. The molecule has 0 radical (unpaired) electrons. The van der Waals surface area contributed by atoms with Gasteiger partial charge in [0.05, 0.1) is 7.05 Å². The van der Waals surface area contributed by atoms with Crippen LogP contribution in [0.3, 0.4) is 0 Å². The van der Waals surface area contributed by atoms with Gasteiger partial charge in [0.25, 0.3) is 8.37 Å². The molecular weight excluding hydrogens is 327 g/mol. The third kappa shape index (κ3) is 4.07. The minimum absolute atomic E-state index is 0.484. The van der Waals surface area contributed by atoms with Gasteiger partial charge in [-0.05, 0) is 67.5 Å². The molecule has 0 aliphatic heterocycles. The van der Waals surface area contributed by atoms with Crippen LogP contribution in [0.4, 0.5) is 0 Å². The summed E-state index contributed by atoms with van der Waals surface area (Å²) in [6, 6.07) is 10.7. The van der Waals surface area contributed by atoms with Gasteiger partial charge in [0, 0.05) is 24.2 Å². The zero-order chi connectivity index (χ0) is 18.9. The Balaban J connectivity index is 2.72. The molecule has 0 amide bonds. The minimum atomic E-state index is -0.657. The van der Waals surface area contributed by atoms with E-state index in [0.29, 0.717) is 24.2 Å².